The van der Waals surface area contributed by atoms with Crippen LogP contribution in [0.3, 0.4) is 0 Å². The molecule has 0 fully saturated rings. The molecule has 9 heteroatoms. The Morgan fingerprint density at radius 3 is 2.48 bits per heavy atom. The molecule has 3 heterocycles. The van der Waals surface area contributed by atoms with Gasteiger partial charge in [0.25, 0.3) is 5.56 Å². The van der Waals surface area contributed by atoms with Crippen molar-refractivity contribution in [3.63, 3.8) is 0 Å². The van der Waals surface area contributed by atoms with Gasteiger partial charge in [0.15, 0.2) is 5.76 Å². The highest BCUT2D eigenvalue weighted by Crippen LogP contribution is 2.48. The minimum absolute atomic E-state index is 0.0726. The third-order valence-corrected chi connectivity index (χ3v) is 7.25. The lowest BCUT2D eigenvalue weighted by atomic mass is 9.84. The fourth-order valence-electron chi connectivity index (χ4n) is 5.20. The smallest absolute Gasteiger partial charge is 0.337 e. The second-order valence-corrected chi connectivity index (χ2v) is 9.53. The number of hydrogen-bond donors (Lipinski definition) is 0. The van der Waals surface area contributed by atoms with E-state index >= 15 is 0 Å². The molecule has 2 aliphatic heterocycles. The van der Waals surface area contributed by atoms with Crippen LogP contribution in [0.5, 0.6) is 17.2 Å². The van der Waals surface area contributed by atoms with Gasteiger partial charge >= 0.3 is 11.9 Å². The number of benzene rings is 3. The first-order valence-corrected chi connectivity index (χ1v) is 12.5. The average Bonchev–Trinajstić information content (AvgIpc) is 3.28. The van der Waals surface area contributed by atoms with Crippen molar-refractivity contribution in [3.05, 3.63) is 105 Å². The third kappa shape index (κ3) is 4.03. The van der Waals surface area contributed by atoms with Gasteiger partial charge in [-0.05, 0) is 59.5 Å². The SMILES string of the molecule is COC(=O)c1ccc(/C=C2\Oc3c(ccc4c3C(c3cc5ccc(OC)cc5n(C)c3=O)CC(=O)O4)C2=O)cc1. The van der Waals surface area contributed by atoms with Crippen molar-refractivity contribution in [2.75, 3.05) is 14.2 Å². The molecule has 200 valence electrons. The zero-order valence-electron chi connectivity index (χ0n) is 21.8. The molecule has 0 N–H and O–H groups in total. The lowest BCUT2D eigenvalue weighted by molar-refractivity contribution is -0.135. The number of nitrogens with zero attached hydrogens (tertiary/aromatic N) is 1. The molecular weight excluding hydrogens is 514 g/mol. The van der Waals surface area contributed by atoms with Crippen LogP contribution in [0, 0.1) is 0 Å². The van der Waals surface area contributed by atoms with E-state index in [1.165, 1.54) is 11.7 Å². The van der Waals surface area contributed by atoms with Gasteiger partial charge in [-0.15, -0.1) is 0 Å². The Labute approximate surface area is 228 Å². The summed E-state index contributed by atoms with van der Waals surface area (Å²) in [4.78, 5) is 51.3. The van der Waals surface area contributed by atoms with E-state index in [0.29, 0.717) is 39.1 Å². The second-order valence-electron chi connectivity index (χ2n) is 9.53. The van der Waals surface area contributed by atoms with Crippen LogP contribution in [0.15, 0.2) is 71.2 Å². The molecule has 1 unspecified atom stereocenters. The van der Waals surface area contributed by atoms with Crippen molar-refractivity contribution in [2.24, 2.45) is 7.05 Å². The van der Waals surface area contributed by atoms with Crippen LogP contribution in [0.4, 0.5) is 0 Å². The molecule has 1 aromatic heterocycles. The molecule has 40 heavy (non-hydrogen) atoms. The van der Waals surface area contributed by atoms with Crippen molar-refractivity contribution in [1.82, 2.24) is 4.57 Å². The summed E-state index contributed by atoms with van der Waals surface area (Å²) in [6.07, 6.45) is 1.48. The highest BCUT2D eigenvalue weighted by molar-refractivity contribution is 6.15. The van der Waals surface area contributed by atoms with E-state index in [1.807, 2.05) is 6.07 Å². The van der Waals surface area contributed by atoms with Crippen molar-refractivity contribution in [2.45, 2.75) is 12.3 Å². The second kappa shape index (κ2) is 9.53. The van der Waals surface area contributed by atoms with Crippen LogP contribution in [0.2, 0.25) is 0 Å². The Morgan fingerprint density at radius 2 is 1.75 bits per heavy atom. The fourth-order valence-corrected chi connectivity index (χ4v) is 5.20. The van der Waals surface area contributed by atoms with Gasteiger partial charge in [-0.3, -0.25) is 14.4 Å². The number of fused-ring (bicyclic) bond motifs is 4. The monoisotopic (exact) mass is 537 g/mol. The largest absolute Gasteiger partial charge is 0.497 e. The van der Waals surface area contributed by atoms with Crippen molar-refractivity contribution in [3.8, 4) is 17.2 Å². The molecule has 0 spiro atoms. The van der Waals surface area contributed by atoms with Crippen LogP contribution in [0.1, 0.15) is 49.7 Å². The first-order chi connectivity index (χ1) is 19.3. The standard InChI is InChI=1S/C31H23NO8/c1-32-23-14-19(37-2)9-8-18(23)13-22(30(32)35)21-15-26(33)39-24-11-10-20-28(34)25(40-29(20)27(21)24)12-16-4-6-17(7-5-16)31(36)38-3/h4-14,21H,15H2,1-3H3/b25-12-. The number of rotatable bonds is 4. The Morgan fingerprint density at radius 1 is 0.975 bits per heavy atom. The van der Waals surface area contributed by atoms with E-state index in [1.54, 1.807) is 74.8 Å². The van der Waals surface area contributed by atoms with Gasteiger partial charge in [0.1, 0.15) is 17.2 Å². The number of esters is 2. The summed E-state index contributed by atoms with van der Waals surface area (Å²) in [6, 6.07) is 16.8. The number of carbonyl (C=O) groups is 3. The molecule has 4 aromatic rings. The average molecular weight is 538 g/mol. The summed E-state index contributed by atoms with van der Waals surface area (Å²) in [5.74, 6) is -0.796. The van der Waals surface area contributed by atoms with E-state index in [4.69, 9.17) is 18.9 Å². The number of ether oxygens (including phenoxy) is 4. The van der Waals surface area contributed by atoms with Gasteiger partial charge in [0, 0.05) is 30.2 Å². The first-order valence-electron chi connectivity index (χ1n) is 12.5. The summed E-state index contributed by atoms with van der Waals surface area (Å²) < 4.78 is 23.2. The molecule has 0 radical (unpaired) electrons. The topological polar surface area (TPSA) is 110 Å². The molecule has 3 aromatic carbocycles. The minimum atomic E-state index is -0.692. The summed E-state index contributed by atoms with van der Waals surface area (Å²) in [5, 5.41) is 0.791. The maximum Gasteiger partial charge on any atom is 0.337 e. The molecule has 9 nitrogen and oxygen atoms in total. The third-order valence-electron chi connectivity index (χ3n) is 7.25. The number of aromatic nitrogens is 1. The Kier molecular flexibility index (Phi) is 5.99. The minimum Gasteiger partial charge on any atom is -0.497 e. The van der Waals surface area contributed by atoms with Gasteiger partial charge in [0.05, 0.1) is 37.3 Å². The van der Waals surface area contributed by atoms with Gasteiger partial charge < -0.3 is 23.5 Å². The zero-order valence-corrected chi connectivity index (χ0v) is 21.8. The molecule has 0 saturated heterocycles. The maximum absolute atomic E-state index is 13.6. The van der Waals surface area contributed by atoms with E-state index in [0.717, 1.165) is 5.39 Å². The predicted octanol–water partition coefficient (Wildman–Crippen LogP) is 4.39. The van der Waals surface area contributed by atoms with Crippen molar-refractivity contribution >= 4 is 34.7 Å². The number of hydrogen-bond acceptors (Lipinski definition) is 8. The van der Waals surface area contributed by atoms with E-state index in [2.05, 4.69) is 0 Å². The van der Waals surface area contributed by atoms with Crippen molar-refractivity contribution in [1.29, 1.82) is 0 Å². The number of aryl methyl sites for hydroxylation is 1. The Hall–Kier alpha value is -5.18. The highest BCUT2D eigenvalue weighted by atomic mass is 16.5. The van der Waals surface area contributed by atoms with E-state index < -0.39 is 17.9 Å². The van der Waals surface area contributed by atoms with Gasteiger partial charge in [-0.25, -0.2) is 4.79 Å². The maximum atomic E-state index is 13.6. The quantitative estimate of drug-likeness (QED) is 0.214. The van der Waals surface area contributed by atoms with E-state index in [9.17, 15) is 19.2 Å². The fraction of sp³-hybridized carbons (Fsp3) is 0.161. The zero-order chi connectivity index (χ0) is 28.1. The Bertz CT molecular complexity index is 1830. The highest BCUT2D eigenvalue weighted by Gasteiger charge is 2.39. The number of ketones is 1. The molecular formula is C31H23NO8. The Balaban J connectivity index is 1.45. The molecule has 2 aliphatic rings. The normalized spacial score (nSPS) is 16.8. The van der Waals surface area contributed by atoms with E-state index in [-0.39, 0.29) is 35.0 Å². The first kappa shape index (κ1) is 25.1. The molecule has 1 atom stereocenters. The number of Topliss-reactive ketones (excluding diaryl/α,β-unsaturated/α-hetero) is 1. The van der Waals surface area contributed by atoms with Crippen LogP contribution >= 0.6 is 0 Å². The molecule has 0 bridgehead atoms. The predicted molar refractivity (Wildman–Crippen MR) is 145 cm³/mol. The lowest BCUT2D eigenvalue weighted by Crippen LogP contribution is -2.29. The summed E-state index contributed by atoms with van der Waals surface area (Å²) in [6.45, 7) is 0. The molecule has 0 amide bonds. The molecule has 0 aliphatic carbocycles. The number of pyridine rings is 1. The summed E-state index contributed by atoms with van der Waals surface area (Å²) >= 11 is 0. The van der Waals surface area contributed by atoms with Crippen LogP contribution < -0.4 is 19.8 Å². The number of methoxy groups -OCH3 is 2. The number of allylic oxidation sites excluding steroid dienone is 1. The van der Waals surface area contributed by atoms with Crippen LogP contribution in [0.25, 0.3) is 17.0 Å². The van der Waals surface area contributed by atoms with Gasteiger partial charge in [0.2, 0.25) is 5.78 Å². The summed E-state index contributed by atoms with van der Waals surface area (Å²) in [5.41, 5.74) is 2.58. The number of carbonyl (C=O) groups excluding carboxylic acids is 3. The lowest BCUT2D eigenvalue weighted by Gasteiger charge is -2.26. The summed E-state index contributed by atoms with van der Waals surface area (Å²) in [7, 11) is 4.52. The van der Waals surface area contributed by atoms with Crippen molar-refractivity contribution < 1.29 is 33.3 Å². The van der Waals surface area contributed by atoms with Crippen LogP contribution in [-0.4, -0.2) is 36.5 Å². The van der Waals surface area contributed by atoms with Gasteiger partial charge in [-0.2, -0.15) is 0 Å². The molecule has 6 rings (SSSR count). The van der Waals surface area contributed by atoms with Crippen LogP contribution in [-0.2, 0) is 16.6 Å². The molecule has 0 saturated carbocycles. The van der Waals surface area contributed by atoms with Gasteiger partial charge in [-0.1, -0.05) is 12.1 Å².